The van der Waals surface area contributed by atoms with Crippen molar-refractivity contribution in [3.05, 3.63) is 35.9 Å². The molecule has 1 aliphatic rings. The SMILES string of the molecule is Cl.NCCN(CCc1ccccc1)CC1CCCOC1. The molecule has 1 aromatic rings. The lowest BCUT2D eigenvalue weighted by molar-refractivity contribution is 0.0390. The van der Waals surface area contributed by atoms with E-state index in [0.717, 1.165) is 45.8 Å². The Morgan fingerprint density at radius 1 is 1.20 bits per heavy atom. The van der Waals surface area contributed by atoms with E-state index in [2.05, 4.69) is 35.2 Å². The fraction of sp³-hybridized carbons (Fsp3) is 0.625. The number of hydrogen-bond donors (Lipinski definition) is 1. The van der Waals surface area contributed by atoms with Crippen molar-refractivity contribution in [2.24, 2.45) is 11.7 Å². The molecule has 1 atom stereocenters. The molecule has 0 aromatic heterocycles. The Morgan fingerprint density at radius 2 is 2.00 bits per heavy atom. The van der Waals surface area contributed by atoms with Gasteiger partial charge in [-0.05, 0) is 30.7 Å². The molecule has 1 fully saturated rings. The number of rotatable bonds is 7. The van der Waals surface area contributed by atoms with Crippen molar-refractivity contribution in [3.63, 3.8) is 0 Å². The van der Waals surface area contributed by atoms with E-state index in [1.807, 2.05) is 0 Å². The molecule has 1 aliphatic heterocycles. The van der Waals surface area contributed by atoms with Crippen molar-refractivity contribution in [1.29, 1.82) is 0 Å². The zero-order chi connectivity index (χ0) is 13.3. The van der Waals surface area contributed by atoms with Crippen molar-refractivity contribution in [2.75, 3.05) is 39.4 Å². The summed E-state index contributed by atoms with van der Waals surface area (Å²) in [7, 11) is 0. The molecule has 0 saturated carbocycles. The zero-order valence-electron chi connectivity index (χ0n) is 12.2. The number of benzene rings is 1. The molecule has 3 nitrogen and oxygen atoms in total. The van der Waals surface area contributed by atoms with Gasteiger partial charge in [0.2, 0.25) is 0 Å². The van der Waals surface area contributed by atoms with E-state index < -0.39 is 0 Å². The first kappa shape index (κ1) is 17.4. The second kappa shape index (κ2) is 10.2. The normalized spacial score (nSPS) is 18.8. The smallest absolute Gasteiger partial charge is 0.0506 e. The fourth-order valence-corrected chi connectivity index (χ4v) is 2.73. The first-order chi connectivity index (χ1) is 9.38. The quantitative estimate of drug-likeness (QED) is 0.840. The summed E-state index contributed by atoms with van der Waals surface area (Å²) in [6.45, 7) is 5.82. The minimum atomic E-state index is 0. The predicted molar refractivity (Wildman–Crippen MR) is 86.4 cm³/mol. The second-order valence-electron chi connectivity index (χ2n) is 5.41. The van der Waals surface area contributed by atoms with Crippen LogP contribution < -0.4 is 5.73 Å². The molecule has 2 N–H and O–H groups in total. The van der Waals surface area contributed by atoms with Crippen LogP contribution >= 0.6 is 12.4 Å². The van der Waals surface area contributed by atoms with Crippen LogP contribution in [0.2, 0.25) is 0 Å². The second-order valence-corrected chi connectivity index (χ2v) is 5.41. The highest BCUT2D eigenvalue weighted by molar-refractivity contribution is 5.85. The first-order valence-corrected chi connectivity index (χ1v) is 7.42. The molecule has 0 amide bonds. The lowest BCUT2D eigenvalue weighted by Crippen LogP contribution is -2.37. The summed E-state index contributed by atoms with van der Waals surface area (Å²) in [6, 6.07) is 10.7. The van der Waals surface area contributed by atoms with E-state index in [-0.39, 0.29) is 12.4 Å². The van der Waals surface area contributed by atoms with Gasteiger partial charge in [0.1, 0.15) is 0 Å². The Balaban J connectivity index is 0.00000200. The summed E-state index contributed by atoms with van der Waals surface area (Å²) < 4.78 is 5.57. The maximum Gasteiger partial charge on any atom is 0.0506 e. The summed E-state index contributed by atoms with van der Waals surface area (Å²) in [5.74, 6) is 0.691. The maximum absolute atomic E-state index is 5.73. The summed E-state index contributed by atoms with van der Waals surface area (Å²) in [6.07, 6.45) is 3.61. The average molecular weight is 299 g/mol. The van der Waals surface area contributed by atoms with E-state index in [4.69, 9.17) is 10.5 Å². The highest BCUT2D eigenvalue weighted by atomic mass is 35.5. The van der Waals surface area contributed by atoms with E-state index in [1.54, 1.807) is 0 Å². The summed E-state index contributed by atoms with van der Waals surface area (Å²) in [5, 5.41) is 0. The van der Waals surface area contributed by atoms with E-state index in [0.29, 0.717) is 5.92 Å². The van der Waals surface area contributed by atoms with Crippen molar-refractivity contribution in [2.45, 2.75) is 19.3 Å². The molecule has 0 radical (unpaired) electrons. The van der Waals surface area contributed by atoms with Crippen molar-refractivity contribution in [3.8, 4) is 0 Å². The lowest BCUT2D eigenvalue weighted by Gasteiger charge is -2.29. The van der Waals surface area contributed by atoms with Crippen LogP contribution in [0.15, 0.2) is 30.3 Å². The third-order valence-corrected chi connectivity index (χ3v) is 3.78. The number of ether oxygens (including phenoxy) is 1. The number of halogens is 1. The Labute approximate surface area is 128 Å². The predicted octanol–water partition coefficient (Wildman–Crippen LogP) is 2.34. The highest BCUT2D eigenvalue weighted by Gasteiger charge is 2.17. The molecule has 1 heterocycles. The first-order valence-electron chi connectivity index (χ1n) is 7.42. The molecular formula is C16H27ClN2O. The van der Waals surface area contributed by atoms with E-state index in [1.165, 1.54) is 18.4 Å². The van der Waals surface area contributed by atoms with E-state index in [9.17, 15) is 0 Å². The molecular weight excluding hydrogens is 272 g/mol. The van der Waals surface area contributed by atoms with Gasteiger partial charge in [-0.3, -0.25) is 0 Å². The number of nitrogens with two attached hydrogens (primary N) is 1. The van der Waals surface area contributed by atoms with Crippen LogP contribution in [0.5, 0.6) is 0 Å². The molecule has 0 bridgehead atoms. The largest absolute Gasteiger partial charge is 0.381 e. The fourth-order valence-electron chi connectivity index (χ4n) is 2.73. The van der Waals surface area contributed by atoms with Gasteiger partial charge in [0.15, 0.2) is 0 Å². The minimum absolute atomic E-state index is 0. The standard InChI is InChI=1S/C16H26N2O.ClH/c17-9-11-18(13-16-7-4-12-19-14-16)10-8-15-5-2-1-3-6-15;/h1-3,5-6,16H,4,7-14,17H2;1H. The number of nitrogens with zero attached hydrogens (tertiary/aromatic N) is 1. The third kappa shape index (κ3) is 6.23. The van der Waals surface area contributed by atoms with Crippen LogP contribution in [0.4, 0.5) is 0 Å². The molecule has 1 aromatic carbocycles. The Morgan fingerprint density at radius 3 is 2.65 bits per heavy atom. The number of hydrogen-bond acceptors (Lipinski definition) is 3. The summed E-state index contributed by atoms with van der Waals surface area (Å²) >= 11 is 0. The van der Waals surface area contributed by atoms with Gasteiger partial charge >= 0.3 is 0 Å². The van der Waals surface area contributed by atoms with Crippen LogP contribution in [-0.2, 0) is 11.2 Å². The summed E-state index contributed by atoms with van der Waals surface area (Å²) in [4.78, 5) is 2.49. The molecule has 1 unspecified atom stereocenters. The highest BCUT2D eigenvalue weighted by Crippen LogP contribution is 2.15. The van der Waals surface area contributed by atoms with Crippen LogP contribution in [0.25, 0.3) is 0 Å². The monoisotopic (exact) mass is 298 g/mol. The molecule has 4 heteroatoms. The molecule has 20 heavy (non-hydrogen) atoms. The van der Waals surface area contributed by atoms with Gasteiger partial charge in [-0.2, -0.15) is 0 Å². The minimum Gasteiger partial charge on any atom is -0.381 e. The third-order valence-electron chi connectivity index (χ3n) is 3.78. The molecule has 1 saturated heterocycles. The van der Waals surface area contributed by atoms with Gasteiger partial charge in [-0.15, -0.1) is 12.4 Å². The average Bonchev–Trinajstić information content (AvgIpc) is 2.47. The van der Waals surface area contributed by atoms with Crippen molar-refractivity contribution >= 4 is 12.4 Å². The van der Waals surface area contributed by atoms with Crippen molar-refractivity contribution in [1.82, 2.24) is 4.90 Å². The molecule has 0 spiro atoms. The molecule has 114 valence electrons. The van der Waals surface area contributed by atoms with Gasteiger partial charge in [-0.25, -0.2) is 0 Å². The van der Waals surface area contributed by atoms with Gasteiger partial charge in [0.05, 0.1) is 6.61 Å². The molecule has 2 rings (SSSR count). The van der Waals surface area contributed by atoms with Crippen LogP contribution in [-0.4, -0.2) is 44.3 Å². The Bertz CT molecular complexity index is 342. The maximum atomic E-state index is 5.73. The van der Waals surface area contributed by atoms with Crippen LogP contribution in [0.1, 0.15) is 18.4 Å². The van der Waals surface area contributed by atoms with Crippen LogP contribution in [0.3, 0.4) is 0 Å². The zero-order valence-corrected chi connectivity index (χ0v) is 13.0. The van der Waals surface area contributed by atoms with Gasteiger partial charge in [-0.1, -0.05) is 30.3 Å². The van der Waals surface area contributed by atoms with Gasteiger partial charge < -0.3 is 15.4 Å². The Kier molecular flexibility index (Phi) is 8.86. The van der Waals surface area contributed by atoms with Gasteiger partial charge in [0.25, 0.3) is 0 Å². The molecule has 0 aliphatic carbocycles. The Hall–Kier alpha value is -0.610. The topological polar surface area (TPSA) is 38.5 Å². The lowest BCUT2D eigenvalue weighted by atomic mass is 10.0. The van der Waals surface area contributed by atoms with Crippen LogP contribution in [0, 0.1) is 5.92 Å². The van der Waals surface area contributed by atoms with E-state index >= 15 is 0 Å². The summed E-state index contributed by atoms with van der Waals surface area (Å²) in [5.41, 5.74) is 7.14. The van der Waals surface area contributed by atoms with Gasteiger partial charge in [0, 0.05) is 32.8 Å². The van der Waals surface area contributed by atoms with Crippen molar-refractivity contribution < 1.29 is 4.74 Å².